The maximum Gasteiger partial charge on any atom is 0.105 e. The molecule has 56 valence electrons. The van der Waals surface area contributed by atoms with E-state index in [1.165, 1.54) is 0 Å². The minimum absolute atomic E-state index is 0.478. The molecule has 0 bridgehead atoms. The Bertz CT molecular complexity index is 49.1. The smallest absolute Gasteiger partial charge is 0.105 e. The van der Waals surface area contributed by atoms with Crippen LogP contribution in [0.2, 0.25) is 0 Å². The van der Waals surface area contributed by atoms with Gasteiger partial charge >= 0.3 is 0 Å². The van der Waals surface area contributed by atoms with Crippen molar-refractivity contribution < 1.29 is 14.1 Å². The van der Waals surface area contributed by atoms with Gasteiger partial charge in [0.05, 0.1) is 13.2 Å². The molecule has 0 rings (SSSR count). The van der Waals surface area contributed by atoms with Crippen molar-refractivity contribution in [3.63, 3.8) is 0 Å². The summed E-state index contributed by atoms with van der Waals surface area (Å²) in [7, 11) is 0. The van der Waals surface area contributed by atoms with E-state index in [4.69, 9.17) is 14.1 Å². The first kappa shape index (κ1) is 9.19. The van der Waals surface area contributed by atoms with Gasteiger partial charge in [-0.25, -0.2) is 0 Å². The fraction of sp³-hybridized carbons (Fsp3) is 1.00. The molecule has 0 spiro atoms. The molecule has 0 atom stereocenters. The second-order valence-electron chi connectivity index (χ2n) is 1.19. The van der Waals surface area contributed by atoms with Gasteiger partial charge in [-0.3, -0.25) is 4.18 Å². The Balaban J connectivity index is 2.60. The first-order valence-electron chi connectivity index (χ1n) is 2.67. The number of hydrogen-bond acceptors (Lipinski definition) is 5. The highest BCUT2D eigenvalue weighted by molar-refractivity contribution is 7.92. The molecule has 0 aliphatic heterocycles. The molecule has 0 unspecified atom stereocenters. The molecular weight excluding hydrogens is 142 g/mol. The number of hydrogen-bond donors (Lipinski definition) is 2. The van der Waals surface area contributed by atoms with E-state index in [1.807, 2.05) is 6.92 Å². The average molecular weight is 153 g/mol. The summed E-state index contributed by atoms with van der Waals surface area (Å²) in [6, 6.07) is 0. The molecule has 0 aromatic heterocycles. The minimum atomic E-state index is 0.478. The molecule has 0 aromatic rings. The highest BCUT2D eigenvalue weighted by Gasteiger charge is 1.85. The van der Waals surface area contributed by atoms with Crippen LogP contribution in [-0.2, 0) is 8.92 Å². The van der Waals surface area contributed by atoms with Gasteiger partial charge < -0.3 is 9.94 Å². The third-order valence-corrected chi connectivity index (χ3v) is 0.970. The van der Waals surface area contributed by atoms with Crippen molar-refractivity contribution in [3.05, 3.63) is 0 Å². The standard InChI is InChI=1S/C4H11NO3S/c1-2-7-3-4-8-9-5-6/h5-6H,2-4H2,1H3. The Kier molecular flexibility index (Phi) is 8.36. The van der Waals surface area contributed by atoms with E-state index in [-0.39, 0.29) is 0 Å². The van der Waals surface area contributed by atoms with Crippen LogP contribution >= 0.6 is 12.2 Å². The van der Waals surface area contributed by atoms with E-state index < -0.39 is 0 Å². The van der Waals surface area contributed by atoms with Crippen LogP contribution in [0.3, 0.4) is 0 Å². The van der Waals surface area contributed by atoms with E-state index in [1.54, 1.807) is 4.89 Å². The van der Waals surface area contributed by atoms with Crippen LogP contribution < -0.4 is 4.89 Å². The first-order chi connectivity index (χ1) is 4.41. The van der Waals surface area contributed by atoms with Gasteiger partial charge in [-0.15, -0.1) is 4.89 Å². The Hall–Kier alpha value is 0.190. The molecule has 0 saturated carbocycles. The molecule has 0 aromatic carbocycles. The van der Waals surface area contributed by atoms with Crippen LogP contribution in [0, 0.1) is 0 Å². The molecule has 0 radical (unpaired) electrons. The zero-order valence-electron chi connectivity index (χ0n) is 5.29. The van der Waals surface area contributed by atoms with Crippen molar-refractivity contribution in [2.24, 2.45) is 0 Å². The van der Waals surface area contributed by atoms with Crippen molar-refractivity contribution >= 4 is 12.2 Å². The van der Waals surface area contributed by atoms with E-state index >= 15 is 0 Å². The van der Waals surface area contributed by atoms with E-state index in [0.717, 1.165) is 12.2 Å². The summed E-state index contributed by atoms with van der Waals surface area (Å²) in [6.45, 7) is 3.65. The third-order valence-electron chi connectivity index (χ3n) is 0.611. The fourth-order valence-electron chi connectivity index (χ4n) is 0.305. The number of rotatable bonds is 6. The maximum atomic E-state index is 7.97. The van der Waals surface area contributed by atoms with Gasteiger partial charge in [-0.2, -0.15) is 0 Å². The second-order valence-corrected chi connectivity index (χ2v) is 1.78. The zero-order valence-corrected chi connectivity index (χ0v) is 6.11. The van der Waals surface area contributed by atoms with Crippen molar-refractivity contribution in [2.45, 2.75) is 6.92 Å². The maximum absolute atomic E-state index is 7.97. The van der Waals surface area contributed by atoms with E-state index in [2.05, 4.69) is 0 Å². The van der Waals surface area contributed by atoms with Gasteiger partial charge in [0.25, 0.3) is 0 Å². The lowest BCUT2D eigenvalue weighted by molar-refractivity contribution is 0.115. The lowest BCUT2D eigenvalue weighted by atomic mass is 10.8. The van der Waals surface area contributed by atoms with Crippen molar-refractivity contribution in [2.75, 3.05) is 19.8 Å². The Morgan fingerprint density at radius 3 is 2.89 bits per heavy atom. The molecule has 0 aliphatic carbocycles. The molecule has 0 saturated heterocycles. The Morgan fingerprint density at radius 2 is 2.33 bits per heavy atom. The highest BCUT2D eigenvalue weighted by atomic mass is 32.2. The monoisotopic (exact) mass is 153 g/mol. The van der Waals surface area contributed by atoms with Crippen molar-refractivity contribution in [3.8, 4) is 0 Å². The normalized spacial score (nSPS) is 10.0. The third kappa shape index (κ3) is 8.19. The van der Waals surface area contributed by atoms with Crippen LogP contribution in [-0.4, -0.2) is 25.0 Å². The Labute approximate surface area is 58.8 Å². The zero-order chi connectivity index (χ0) is 6.95. The average Bonchev–Trinajstić information content (AvgIpc) is 1.89. The molecule has 2 N–H and O–H groups in total. The summed E-state index contributed by atoms with van der Waals surface area (Å²) in [4.78, 5) is 1.78. The fourth-order valence-corrected chi connectivity index (χ4v) is 0.509. The first-order valence-corrected chi connectivity index (χ1v) is 3.41. The molecule has 9 heavy (non-hydrogen) atoms. The Morgan fingerprint density at radius 1 is 1.56 bits per heavy atom. The molecule has 0 heterocycles. The predicted octanol–water partition coefficient (Wildman–Crippen LogP) is 0.582. The molecular formula is C4H11NO3S. The molecule has 5 heteroatoms. The summed E-state index contributed by atoms with van der Waals surface area (Å²) in [5.74, 6) is 0. The molecule has 0 amide bonds. The van der Waals surface area contributed by atoms with Gasteiger partial charge in [-0.05, 0) is 6.92 Å². The SMILES string of the molecule is CCOCCOSNO. The number of nitrogens with one attached hydrogen (secondary N) is 1. The molecule has 4 nitrogen and oxygen atoms in total. The van der Waals surface area contributed by atoms with Gasteiger partial charge in [-0.1, -0.05) is 0 Å². The summed E-state index contributed by atoms with van der Waals surface area (Å²) in [5.41, 5.74) is 0. The second kappa shape index (κ2) is 8.19. The van der Waals surface area contributed by atoms with Gasteiger partial charge in [0.2, 0.25) is 0 Å². The van der Waals surface area contributed by atoms with Crippen LogP contribution in [0.4, 0.5) is 0 Å². The topological polar surface area (TPSA) is 50.7 Å². The molecule has 0 fully saturated rings. The summed E-state index contributed by atoms with van der Waals surface area (Å²) < 4.78 is 9.65. The summed E-state index contributed by atoms with van der Waals surface area (Å²) in [6.07, 6.45) is 0. The predicted molar refractivity (Wildman–Crippen MR) is 35.0 cm³/mol. The van der Waals surface area contributed by atoms with Crippen LogP contribution in [0.5, 0.6) is 0 Å². The minimum Gasteiger partial charge on any atom is -0.379 e. The van der Waals surface area contributed by atoms with Crippen molar-refractivity contribution in [1.29, 1.82) is 0 Å². The molecule has 0 aliphatic rings. The lowest BCUT2D eigenvalue weighted by Gasteiger charge is -1.99. The quantitative estimate of drug-likeness (QED) is 0.253. The summed E-state index contributed by atoms with van der Waals surface area (Å²) in [5, 5.41) is 7.97. The van der Waals surface area contributed by atoms with Crippen molar-refractivity contribution in [1.82, 2.24) is 4.89 Å². The lowest BCUT2D eigenvalue weighted by Crippen LogP contribution is -2.03. The highest BCUT2D eigenvalue weighted by Crippen LogP contribution is 1.91. The summed E-state index contributed by atoms with van der Waals surface area (Å²) >= 11 is 0.784. The van der Waals surface area contributed by atoms with Crippen LogP contribution in [0.25, 0.3) is 0 Å². The van der Waals surface area contributed by atoms with E-state index in [9.17, 15) is 0 Å². The van der Waals surface area contributed by atoms with Gasteiger partial charge in [0.15, 0.2) is 0 Å². The van der Waals surface area contributed by atoms with Crippen LogP contribution in [0.1, 0.15) is 6.92 Å². The van der Waals surface area contributed by atoms with E-state index in [0.29, 0.717) is 19.8 Å². The largest absolute Gasteiger partial charge is 0.379 e. The number of ether oxygens (including phenoxy) is 1. The van der Waals surface area contributed by atoms with Crippen LogP contribution in [0.15, 0.2) is 0 Å². The van der Waals surface area contributed by atoms with Gasteiger partial charge in [0.1, 0.15) is 12.2 Å². The van der Waals surface area contributed by atoms with Gasteiger partial charge in [0, 0.05) is 6.61 Å².